The molecule has 0 heterocycles. The number of rotatable bonds is 8. The number of aliphatic imine (C=N–C) groups is 1. The van der Waals surface area contributed by atoms with Crippen molar-refractivity contribution in [2.45, 2.75) is 26.2 Å². The first-order valence-electron chi connectivity index (χ1n) is 8.22. The fourth-order valence-electron chi connectivity index (χ4n) is 2.17. The number of amidine groups is 1. The van der Waals surface area contributed by atoms with Gasteiger partial charge in [-0.1, -0.05) is 50.1 Å². The minimum atomic E-state index is 0.0905. The highest BCUT2D eigenvalue weighted by molar-refractivity contribution is 5.98. The molecule has 0 atom stereocenters. The lowest BCUT2D eigenvalue weighted by atomic mass is 10.2. The Balaban J connectivity index is 1.97. The lowest BCUT2D eigenvalue weighted by molar-refractivity contribution is 0.306. The molecule has 0 spiro atoms. The number of hydrogen-bond acceptors (Lipinski definition) is 3. The van der Waals surface area contributed by atoms with E-state index in [0.717, 1.165) is 18.8 Å². The van der Waals surface area contributed by atoms with Crippen LogP contribution in [-0.4, -0.2) is 17.5 Å². The third-order valence-corrected chi connectivity index (χ3v) is 3.47. The molecule has 126 valence electrons. The molecule has 0 saturated carbocycles. The molecule has 0 radical (unpaired) electrons. The molecule has 0 unspecified atom stereocenters. The molecule has 0 aliphatic carbocycles. The van der Waals surface area contributed by atoms with Crippen molar-refractivity contribution in [1.29, 1.82) is 0 Å². The zero-order valence-electron chi connectivity index (χ0n) is 14.0. The Labute approximate surface area is 143 Å². The second kappa shape index (κ2) is 9.40. The molecule has 0 saturated heterocycles. The van der Waals surface area contributed by atoms with Crippen LogP contribution in [0.3, 0.4) is 0 Å². The maximum absolute atomic E-state index is 10.0. The van der Waals surface area contributed by atoms with Gasteiger partial charge in [0, 0.05) is 11.6 Å². The van der Waals surface area contributed by atoms with Crippen molar-refractivity contribution < 1.29 is 9.84 Å². The summed E-state index contributed by atoms with van der Waals surface area (Å²) in [6.45, 7) is 2.90. The molecule has 0 fully saturated rings. The Morgan fingerprint density at radius 3 is 2.46 bits per heavy atom. The standard InChI is InChI=1S/C20H24N2O2/c1-2-3-7-14-24-18-12-10-17(11-13-18)22-20(21)15-19(23)16-8-5-4-6-9-16/h4-6,8-13,15,23H,2-3,7,14H2,1H3,(H2,21,22)/b19-15-. The maximum Gasteiger partial charge on any atom is 0.127 e. The van der Waals surface area contributed by atoms with Crippen molar-refractivity contribution in [1.82, 2.24) is 0 Å². The summed E-state index contributed by atoms with van der Waals surface area (Å²) < 4.78 is 5.66. The van der Waals surface area contributed by atoms with E-state index in [1.165, 1.54) is 18.9 Å². The van der Waals surface area contributed by atoms with Crippen molar-refractivity contribution in [3.8, 4) is 5.75 Å². The molecule has 2 aromatic carbocycles. The molecule has 0 aliphatic heterocycles. The van der Waals surface area contributed by atoms with E-state index in [9.17, 15) is 5.11 Å². The van der Waals surface area contributed by atoms with Crippen LogP contribution in [0.15, 0.2) is 65.7 Å². The third kappa shape index (κ3) is 5.80. The normalized spacial score (nSPS) is 12.2. The Morgan fingerprint density at radius 1 is 1.08 bits per heavy atom. The summed E-state index contributed by atoms with van der Waals surface area (Å²) in [6, 6.07) is 16.6. The van der Waals surface area contributed by atoms with Crippen LogP contribution in [0.4, 0.5) is 5.69 Å². The summed E-state index contributed by atoms with van der Waals surface area (Å²) in [6.07, 6.45) is 4.87. The molecule has 4 heteroatoms. The highest BCUT2D eigenvalue weighted by atomic mass is 16.5. The van der Waals surface area contributed by atoms with E-state index >= 15 is 0 Å². The van der Waals surface area contributed by atoms with Gasteiger partial charge in [0.25, 0.3) is 0 Å². The van der Waals surface area contributed by atoms with Crippen molar-refractivity contribution in [2.24, 2.45) is 10.7 Å². The summed E-state index contributed by atoms with van der Waals surface area (Å²) in [5.41, 5.74) is 7.29. The van der Waals surface area contributed by atoms with Gasteiger partial charge in [-0.15, -0.1) is 0 Å². The molecule has 0 amide bonds. The average Bonchev–Trinajstić information content (AvgIpc) is 2.61. The minimum absolute atomic E-state index is 0.0905. The summed E-state index contributed by atoms with van der Waals surface area (Å²) in [5, 5.41) is 10.0. The van der Waals surface area contributed by atoms with Crippen LogP contribution in [0.5, 0.6) is 5.75 Å². The van der Waals surface area contributed by atoms with Crippen LogP contribution in [0.2, 0.25) is 0 Å². The molecular weight excluding hydrogens is 300 g/mol. The van der Waals surface area contributed by atoms with E-state index in [1.54, 1.807) is 0 Å². The topological polar surface area (TPSA) is 67.8 Å². The molecule has 24 heavy (non-hydrogen) atoms. The van der Waals surface area contributed by atoms with E-state index in [1.807, 2.05) is 54.6 Å². The smallest absolute Gasteiger partial charge is 0.127 e. The van der Waals surface area contributed by atoms with Crippen LogP contribution in [0.25, 0.3) is 5.76 Å². The first-order valence-corrected chi connectivity index (χ1v) is 8.22. The van der Waals surface area contributed by atoms with Gasteiger partial charge in [-0.25, -0.2) is 4.99 Å². The first-order chi connectivity index (χ1) is 11.7. The van der Waals surface area contributed by atoms with Crippen molar-refractivity contribution in [3.63, 3.8) is 0 Å². The van der Waals surface area contributed by atoms with Gasteiger partial charge >= 0.3 is 0 Å². The second-order valence-corrected chi connectivity index (χ2v) is 5.48. The Morgan fingerprint density at radius 2 is 1.79 bits per heavy atom. The fourth-order valence-corrected chi connectivity index (χ4v) is 2.17. The van der Waals surface area contributed by atoms with Crippen LogP contribution >= 0.6 is 0 Å². The van der Waals surface area contributed by atoms with Gasteiger partial charge in [-0.05, 0) is 30.7 Å². The monoisotopic (exact) mass is 324 g/mol. The highest BCUT2D eigenvalue weighted by Gasteiger charge is 2.00. The van der Waals surface area contributed by atoms with Gasteiger partial charge in [0.05, 0.1) is 12.3 Å². The van der Waals surface area contributed by atoms with Gasteiger partial charge in [0.2, 0.25) is 0 Å². The second-order valence-electron chi connectivity index (χ2n) is 5.48. The van der Waals surface area contributed by atoms with E-state index in [4.69, 9.17) is 10.5 Å². The predicted molar refractivity (Wildman–Crippen MR) is 99.8 cm³/mol. The van der Waals surface area contributed by atoms with E-state index in [2.05, 4.69) is 11.9 Å². The van der Waals surface area contributed by atoms with E-state index in [-0.39, 0.29) is 11.6 Å². The van der Waals surface area contributed by atoms with Crippen LogP contribution in [-0.2, 0) is 0 Å². The predicted octanol–water partition coefficient (Wildman–Crippen LogP) is 4.84. The van der Waals surface area contributed by atoms with Crippen LogP contribution < -0.4 is 10.5 Å². The molecular formula is C20H24N2O2. The van der Waals surface area contributed by atoms with Crippen LogP contribution in [0, 0.1) is 0 Å². The molecule has 2 rings (SSSR count). The SMILES string of the molecule is CCCCCOc1ccc(N=C(N)/C=C(\O)c2ccccc2)cc1. The number of hydrogen-bond donors (Lipinski definition) is 2. The Kier molecular flexibility index (Phi) is 6.90. The zero-order chi connectivity index (χ0) is 17.2. The fraction of sp³-hybridized carbons (Fsp3) is 0.250. The summed E-state index contributed by atoms with van der Waals surface area (Å²) >= 11 is 0. The first kappa shape index (κ1) is 17.6. The molecule has 3 N–H and O–H groups in total. The summed E-state index contributed by atoms with van der Waals surface area (Å²) in [4.78, 5) is 4.28. The average molecular weight is 324 g/mol. The molecule has 4 nitrogen and oxygen atoms in total. The quantitative estimate of drug-likeness (QED) is 0.316. The number of benzene rings is 2. The number of unbranched alkanes of at least 4 members (excludes halogenated alkanes) is 2. The highest BCUT2D eigenvalue weighted by Crippen LogP contribution is 2.19. The van der Waals surface area contributed by atoms with E-state index < -0.39 is 0 Å². The molecule has 0 aliphatic rings. The molecule has 0 aromatic heterocycles. The number of nitrogens with two attached hydrogens (primary N) is 1. The van der Waals surface area contributed by atoms with Gasteiger partial charge in [0.15, 0.2) is 0 Å². The zero-order valence-corrected chi connectivity index (χ0v) is 14.0. The maximum atomic E-state index is 10.0. The lowest BCUT2D eigenvalue weighted by Gasteiger charge is -2.05. The van der Waals surface area contributed by atoms with E-state index in [0.29, 0.717) is 11.3 Å². The Bertz CT molecular complexity index is 677. The van der Waals surface area contributed by atoms with Gasteiger partial charge in [-0.2, -0.15) is 0 Å². The van der Waals surface area contributed by atoms with Gasteiger partial charge in [0.1, 0.15) is 17.3 Å². The minimum Gasteiger partial charge on any atom is -0.507 e. The Hall–Kier alpha value is -2.75. The number of aliphatic hydroxyl groups is 1. The molecule has 0 bridgehead atoms. The number of nitrogens with zero attached hydrogens (tertiary/aromatic N) is 1. The summed E-state index contributed by atoms with van der Waals surface area (Å²) in [7, 11) is 0. The van der Waals surface area contributed by atoms with Crippen molar-refractivity contribution in [2.75, 3.05) is 6.61 Å². The number of ether oxygens (including phenoxy) is 1. The largest absolute Gasteiger partial charge is 0.507 e. The van der Waals surface area contributed by atoms with Crippen LogP contribution in [0.1, 0.15) is 31.7 Å². The van der Waals surface area contributed by atoms with Gasteiger partial charge < -0.3 is 15.6 Å². The van der Waals surface area contributed by atoms with Crippen molar-refractivity contribution in [3.05, 3.63) is 66.2 Å². The summed E-state index contributed by atoms with van der Waals surface area (Å²) in [5.74, 6) is 1.16. The number of aliphatic hydroxyl groups excluding tert-OH is 1. The molecule has 2 aromatic rings. The third-order valence-electron chi connectivity index (χ3n) is 3.47. The lowest BCUT2D eigenvalue weighted by Crippen LogP contribution is -2.08. The van der Waals surface area contributed by atoms with Crippen molar-refractivity contribution >= 4 is 17.3 Å². The van der Waals surface area contributed by atoms with Gasteiger partial charge in [-0.3, -0.25) is 0 Å².